The fourth-order valence-electron chi connectivity index (χ4n) is 2.20. The summed E-state index contributed by atoms with van der Waals surface area (Å²) in [6.07, 6.45) is 0. The third-order valence-corrected chi connectivity index (χ3v) is 4.80. The number of benzene rings is 2. The van der Waals surface area contributed by atoms with Crippen LogP contribution in [-0.4, -0.2) is 14.5 Å². The van der Waals surface area contributed by atoms with Gasteiger partial charge in [0.15, 0.2) is 0 Å². The lowest BCUT2D eigenvalue weighted by Crippen LogP contribution is -2.30. The van der Waals surface area contributed by atoms with Crippen LogP contribution < -0.4 is 10.0 Å². The van der Waals surface area contributed by atoms with E-state index in [1.165, 1.54) is 12.1 Å². The molecule has 0 bridgehead atoms. The molecule has 0 aliphatic carbocycles. The predicted octanol–water partition coefficient (Wildman–Crippen LogP) is 2.80. The lowest BCUT2D eigenvalue weighted by atomic mass is 10.2. The van der Waals surface area contributed by atoms with E-state index in [0.717, 1.165) is 11.1 Å². The van der Waals surface area contributed by atoms with Gasteiger partial charge in [-0.2, -0.15) is 0 Å². The summed E-state index contributed by atoms with van der Waals surface area (Å²) in [5, 5.41) is 3.18. The minimum absolute atomic E-state index is 0.158. The molecular formula is C17H21FN2O2S. The van der Waals surface area contributed by atoms with Crippen molar-refractivity contribution in [2.75, 3.05) is 0 Å². The summed E-state index contributed by atoms with van der Waals surface area (Å²) in [6, 6.07) is 13.0. The van der Waals surface area contributed by atoms with Gasteiger partial charge in [-0.05, 0) is 49.2 Å². The SMILES string of the molecule is CC(C)NS(=O)(=O)c1cccc(CNCc2cccc(F)c2)c1. The summed E-state index contributed by atoms with van der Waals surface area (Å²) in [7, 11) is -3.49. The lowest BCUT2D eigenvalue weighted by molar-refractivity contribution is 0.569. The smallest absolute Gasteiger partial charge is 0.240 e. The molecule has 0 fully saturated rings. The Morgan fingerprint density at radius 1 is 1.00 bits per heavy atom. The summed E-state index contributed by atoms with van der Waals surface area (Å²) in [5.41, 5.74) is 1.70. The molecule has 2 aromatic rings. The van der Waals surface area contributed by atoms with Crippen LogP contribution in [0.25, 0.3) is 0 Å². The Labute approximate surface area is 136 Å². The van der Waals surface area contributed by atoms with E-state index in [9.17, 15) is 12.8 Å². The van der Waals surface area contributed by atoms with E-state index < -0.39 is 10.0 Å². The highest BCUT2D eigenvalue weighted by atomic mass is 32.2. The number of rotatable bonds is 7. The Morgan fingerprint density at radius 3 is 2.22 bits per heavy atom. The van der Waals surface area contributed by atoms with Gasteiger partial charge in [0.05, 0.1) is 4.90 Å². The maximum atomic E-state index is 13.1. The van der Waals surface area contributed by atoms with E-state index in [0.29, 0.717) is 13.1 Å². The second-order valence-electron chi connectivity index (χ2n) is 5.66. The zero-order valence-corrected chi connectivity index (χ0v) is 14.0. The fraction of sp³-hybridized carbons (Fsp3) is 0.294. The van der Waals surface area contributed by atoms with Crippen LogP contribution in [0.5, 0.6) is 0 Å². The lowest BCUT2D eigenvalue weighted by Gasteiger charge is -2.11. The molecule has 124 valence electrons. The van der Waals surface area contributed by atoms with Crippen molar-refractivity contribution >= 4 is 10.0 Å². The quantitative estimate of drug-likeness (QED) is 0.817. The first kappa shape index (κ1) is 17.6. The van der Waals surface area contributed by atoms with Crippen LogP contribution in [0.2, 0.25) is 0 Å². The zero-order chi connectivity index (χ0) is 16.9. The Bertz CT molecular complexity index is 761. The van der Waals surface area contributed by atoms with Gasteiger partial charge in [-0.1, -0.05) is 24.3 Å². The highest BCUT2D eigenvalue weighted by Crippen LogP contribution is 2.12. The van der Waals surface area contributed by atoms with Crippen LogP contribution in [0.3, 0.4) is 0 Å². The minimum atomic E-state index is -3.49. The van der Waals surface area contributed by atoms with Crippen molar-refractivity contribution in [1.29, 1.82) is 0 Å². The summed E-state index contributed by atoms with van der Waals surface area (Å²) in [5.74, 6) is -0.267. The van der Waals surface area contributed by atoms with Gasteiger partial charge in [-0.25, -0.2) is 17.5 Å². The van der Waals surface area contributed by atoms with E-state index in [1.807, 2.05) is 12.1 Å². The molecule has 0 unspecified atom stereocenters. The third-order valence-electron chi connectivity index (χ3n) is 3.15. The van der Waals surface area contributed by atoms with Gasteiger partial charge < -0.3 is 5.32 Å². The van der Waals surface area contributed by atoms with E-state index in [-0.39, 0.29) is 16.8 Å². The molecule has 0 heterocycles. The van der Waals surface area contributed by atoms with Gasteiger partial charge in [-0.3, -0.25) is 0 Å². The summed E-state index contributed by atoms with van der Waals surface area (Å²) >= 11 is 0. The van der Waals surface area contributed by atoms with Crippen molar-refractivity contribution in [1.82, 2.24) is 10.0 Å². The normalized spacial score (nSPS) is 11.8. The number of nitrogens with one attached hydrogen (secondary N) is 2. The average Bonchev–Trinajstić information content (AvgIpc) is 2.46. The van der Waals surface area contributed by atoms with Crippen molar-refractivity contribution in [3.8, 4) is 0 Å². The Morgan fingerprint density at radius 2 is 1.61 bits per heavy atom. The molecule has 0 aliphatic rings. The largest absolute Gasteiger partial charge is 0.309 e. The van der Waals surface area contributed by atoms with Crippen molar-refractivity contribution in [3.63, 3.8) is 0 Å². The van der Waals surface area contributed by atoms with Crippen molar-refractivity contribution < 1.29 is 12.8 Å². The molecule has 4 nitrogen and oxygen atoms in total. The van der Waals surface area contributed by atoms with Crippen LogP contribution in [0.1, 0.15) is 25.0 Å². The number of hydrogen-bond acceptors (Lipinski definition) is 3. The first-order valence-corrected chi connectivity index (χ1v) is 8.91. The standard InChI is InChI=1S/C17H21FN2O2S/c1-13(2)20-23(21,22)17-8-4-6-15(10-17)12-19-11-14-5-3-7-16(18)9-14/h3-10,13,19-20H,11-12H2,1-2H3. The molecule has 0 amide bonds. The molecule has 23 heavy (non-hydrogen) atoms. The molecule has 0 radical (unpaired) electrons. The summed E-state index contributed by atoms with van der Waals surface area (Å²) in [4.78, 5) is 0.247. The number of sulfonamides is 1. The monoisotopic (exact) mass is 336 g/mol. The molecule has 0 saturated carbocycles. The Balaban J connectivity index is 2.00. The zero-order valence-electron chi connectivity index (χ0n) is 13.2. The number of hydrogen-bond donors (Lipinski definition) is 2. The van der Waals surface area contributed by atoms with Crippen LogP contribution in [0.15, 0.2) is 53.4 Å². The molecule has 0 atom stereocenters. The van der Waals surface area contributed by atoms with Gasteiger partial charge in [-0.15, -0.1) is 0 Å². The van der Waals surface area contributed by atoms with E-state index in [2.05, 4.69) is 10.0 Å². The Kier molecular flexibility index (Phi) is 5.87. The molecule has 6 heteroatoms. The highest BCUT2D eigenvalue weighted by molar-refractivity contribution is 7.89. The van der Waals surface area contributed by atoms with Crippen molar-refractivity contribution in [2.24, 2.45) is 0 Å². The van der Waals surface area contributed by atoms with Crippen LogP contribution in [-0.2, 0) is 23.1 Å². The van der Waals surface area contributed by atoms with Gasteiger partial charge in [0.25, 0.3) is 0 Å². The fourth-order valence-corrected chi connectivity index (χ4v) is 3.52. The van der Waals surface area contributed by atoms with Crippen LogP contribution >= 0.6 is 0 Å². The summed E-state index contributed by atoms with van der Waals surface area (Å²) in [6.45, 7) is 4.57. The molecule has 0 aliphatic heterocycles. The molecule has 0 spiro atoms. The second-order valence-corrected chi connectivity index (χ2v) is 7.37. The third kappa shape index (κ3) is 5.42. The molecular weight excluding hydrogens is 315 g/mol. The first-order valence-electron chi connectivity index (χ1n) is 7.43. The van der Waals surface area contributed by atoms with Crippen LogP contribution in [0, 0.1) is 5.82 Å². The van der Waals surface area contributed by atoms with Gasteiger partial charge in [0.1, 0.15) is 5.82 Å². The predicted molar refractivity (Wildman–Crippen MR) is 88.8 cm³/mol. The minimum Gasteiger partial charge on any atom is -0.309 e. The highest BCUT2D eigenvalue weighted by Gasteiger charge is 2.15. The van der Waals surface area contributed by atoms with Gasteiger partial charge >= 0.3 is 0 Å². The average molecular weight is 336 g/mol. The maximum absolute atomic E-state index is 13.1. The molecule has 2 aromatic carbocycles. The van der Waals surface area contributed by atoms with E-state index in [1.54, 1.807) is 38.1 Å². The van der Waals surface area contributed by atoms with E-state index >= 15 is 0 Å². The molecule has 2 rings (SSSR count). The van der Waals surface area contributed by atoms with Crippen LogP contribution in [0.4, 0.5) is 4.39 Å². The second kappa shape index (κ2) is 7.68. The Hall–Kier alpha value is -1.76. The molecule has 2 N–H and O–H groups in total. The molecule has 0 saturated heterocycles. The maximum Gasteiger partial charge on any atom is 0.240 e. The van der Waals surface area contributed by atoms with E-state index in [4.69, 9.17) is 0 Å². The number of halogens is 1. The van der Waals surface area contributed by atoms with Crippen molar-refractivity contribution in [2.45, 2.75) is 37.9 Å². The molecule has 0 aromatic heterocycles. The topological polar surface area (TPSA) is 58.2 Å². The van der Waals surface area contributed by atoms with Crippen molar-refractivity contribution in [3.05, 3.63) is 65.5 Å². The van der Waals surface area contributed by atoms with Gasteiger partial charge in [0, 0.05) is 19.1 Å². The van der Waals surface area contributed by atoms with Gasteiger partial charge in [0.2, 0.25) is 10.0 Å². The first-order chi connectivity index (χ1) is 10.9. The summed E-state index contributed by atoms with van der Waals surface area (Å²) < 4.78 is 40.0.